The largest absolute Gasteiger partial charge is 0.369 e. The molecule has 2 saturated heterocycles. The second kappa shape index (κ2) is 6.90. The molecule has 4 rings (SSSR count). The van der Waals surface area contributed by atoms with E-state index in [9.17, 15) is 14.9 Å². The number of hydrogen-bond donors (Lipinski definition) is 0. The molecule has 2 aromatic rings. The van der Waals surface area contributed by atoms with Gasteiger partial charge in [-0.15, -0.1) is 5.10 Å². The first kappa shape index (κ1) is 16.8. The third-order valence-corrected chi connectivity index (χ3v) is 4.31. The van der Waals surface area contributed by atoms with Gasteiger partial charge >= 0.3 is 0 Å². The minimum atomic E-state index is -0.734. The van der Waals surface area contributed by atoms with Crippen LogP contribution in [0.4, 0.5) is 5.69 Å². The summed E-state index contributed by atoms with van der Waals surface area (Å²) < 4.78 is 18.1. The van der Waals surface area contributed by atoms with Gasteiger partial charge in [0.1, 0.15) is 11.8 Å². The average Bonchev–Trinajstić information content (AvgIpc) is 3.26. The van der Waals surface area contributed by atoms with Crippen LogP contribution in [0.2, 0.25) is 0 Å². The van der Waals surface area contributed by atoms with Crippen LogP contribution in [0.3, 0.4) is 0 Å². The van der Waals surface area contributed by atoms with E-state index in [1.165, 1.54) is 12.1 Å². The molecule has 0 unspecified atom stereocenters. The number of fused-ring (bicyclic) bond motifs is 2. The topological polar surface area (TPSA) is 119 Å². The van der Waals surface area contributed by atoms with E-state index >= 15 is 0 Å². The summed E-state index contributed by atoms with van der Waals surface area (Å²) in [5.41, 5.74) is 1.54. The third kappa shape index (κ3) is 3.47. The maximum atomic E-state index is 11.7. The number of benzene rings is 1. The Morgan fingerprint density at radius 2 is 2.15 bits per heavy atom. The lowest BCUT2D eigenvalue weighted by Gasteiger charge is -2.25. The fourth-order valence-corrected chi connectivity index (χ4v) is 2.96. The first-order valence-electron chi connectivity index (χ1n) is 8.12. The molecule has 2 bridgehead atoms. The minimum absolute atomic E-state index is 0.0452. The SMILES string of the molecule is O=C1C[C@H](OCc2cn(Cc3ccc([N+](=O)[O-])cc3)nn2)[C@H]2CO[C@@H]1O2. The number of ketones is 1. The Balaban J connectivity index is 1.33. The Kier molecular flexibility index (Phi) is 4.45. The van der Waals surface area contributed by atoms with Crippen LogP contribution in [0.25, 0.3) is 0 Å². The highest BCUT2D eigenvalue weighted by molar-refractivity contribution is 5.83. The molecule has 26 heavy (non-hydrogen) atoms. The molecule has 0 radical (unpaired) electrons. The number of nitro groups is 1. The molecule has 0 saturated carbocycles. The van der Waals surface area contributed by atoms with Gasteiger partial charge in [0.25, 0.3) is 5.69 Å². The molecule has 0 amide bonds. The molecule has 0 N–H and O–H groups in total. The predicted octanol–water partition coefficient (Wildman–Crippen LogP) is 0.834. The number of carbonyl (C=O) groups excluding carboxylic acids is 1. The van der Waals surface area contributed by atoms with Gasteiger partial charge in [-0.3, -0.25) is 14.9 Å². The molecular weight excluding hydrogens is 344 g/mol. The van der Waals surface area contributed by atoms with E-state index in [4.69, 9.17) is 14.2 Å². The van der Waals surface area contributed by atoms with Gasteiger partial charge in [0.15, 0.2) is 5.78 Å². The molecular formula is C16H16N4O6. The van der Waals surface area contributed by atoms with Crippen LogP contribution in [0.1, 0.15) is 17.7 Å². The Bertz CT molecular complexity index is 820. The highest BCUT2D eigenvalue weighted by atomic mass is 16.7. The van der Waals surface area contributed by atoms with Crippen LogP contribution < -0.4 is 0 Å². The zero-order valence-corrected chi connectivity index (χ0v) is 13.7. The Morgan fingerprint density at radius 3 is 2.92 bits per heavy atom. The Labute approximate surface area is 147 Å². The van der Waals surface area contributed by atoms with Crippen molar-refractivity contribution in [1.82, 2.24) is 15.0 Å². The summed E-state index contributed by atoms with van der Waals surface area (Å²) in [7, 11) is 0. The first-order chi connectivity index (χ1) is 12.6. The number of Topliss-reactive ketones (excluding diaryl/α,β-unsaturated/α-hetero) is 1. The molecule has 136 valence electrons. The summed E-state index contributed by atoms with van der Waals surface area (Å²) in [6, 6.07) is 6.26. The lowest BCUT2D eigenvalue weighted by molar-refractivity contribution is -0.384. The van der Waals surface area contributed by atoms with Crippen LogP contribution in [-0.2, 0) is 32.2 Å². The number of rotatable bonds is 6. The summed E-state index contributed by atoms with van der Waals surface area (Å²) in [5, 5.41) is 18.7. The first-order valence-corrected chi connectivity index (χ1v) is 8.12. The van der Waals surface area contributed by atoms with Crippen molar-refractivity contribution >= 4 is 11.5 Å². The summed E-state index contributed by atoms with van der Waals surface area (Å²) in [6.45, 7) is 1.00. The fourth-order valence-electron chi connectivity index (χ4n) is 2.96. The molecule has 2 fully saturated rings. The summed E-state index contributed by atoms with van der Waals surface area (Å²) >= 11 is 0. The average molecular weight is 360 g/mol. The number of aromatic nitrogens is 3. The van der Waals surface area contributed by atoms with Gasteiger partial charge in [-0.25, -0.2) is 4.68 Å². The van der Waals surface area contributed by atoms with Crippen molar-refractivity contribution in [2.75, 3.05) is 6.61 Å². The van der Waals surface area contributed by atoms with Gasteiger partial charge in [0.05, 0.1) is 37.0 Å². The van der Waals surface area contributed by atoms with E-state index in [1.807, 2.05) is 0 Å². The molecule has 1 aromatic heterocycles. The molecule has 3 heterocycles. The standard InChI is InChI=1S/C16H16N4O6/c21-13-5-14(15-9-25-16(13)26-15)24-8-11-7-19(18-17-11)6-10-1-3-12(4-2-10)20(22)23/h1-4,7,14-16H,5-6,8-9H2/t14-,15+,16+/m0/s1. The minimum Gasteiger partial charge on any atom is -0.369 e. The van der Waals surface area contributed by atoms with Crippen molar-refractivity contribution in [2.45, 2.75) is 38.1 Å². The van der Waals surface area contributed by atoms with E-state index < -0.39 is 11.2 Å². The van der Waals surface area contributed by atoms with Crippen molar-refractivity contribution in [3.05, 3.63) is 51.8 Å². The molecule has 1 aromatic carbocycles. The Morgan fingerprint density at radius 1 is 1.35 bits per heavy atom. The van der Waals surface area contributed by atoms with E-state index in [-0.39, 0.29) is 36.7 Å². The second-order valence-corrected chi connectivity index (χ2v) is 6.19. The van der Waals surface area contributed by atoms with E-state index in [0.29, 0.717) is 18.8 Å². The Hall–Kier alpha value is -2.69. The van der Waals surface area contributed by atoms with Crippen molar-refractivity contribution in [3.8, 4) is 0 Å². The maximum Gasteiger partial charge on any atom is 0.269 e. The van der Waals surface area contributed by atoms with Gasteiger partial charge in [-0.05, 0) is 5.56 Å². The van der Waals surface area contributed by atoms with Gasteiger partial charge < -0.3 is 14.2 Å². The number of nitro benzene ring substituents is 1. The molecule has 10 nitrogen and oxygen atoms in total. The van der Waals surface area contributed by atoms with Crippen LogP contribution in [-0.4, -0.2) is 50.8 Å². The lowest BCUT2D eigenvalue weighted by Crippen LogP contribution is -2.40. The summed E-state index contributed by atoms with van der Waals surface area (Å²) in [5.74, 6) is -0.106. The smallest absolute Gasteiger partial charge is 0.269 e. The molecule has 0 aliphatic carbocycles. The van der Waals surface area contributed by atoms with E-state index in [1.54, 1.807) is 23.0 Å². The van der Waals surface area contributed by atoms with Gasteiger partial charge in [0, 0.05) is 18.6 Å². The number of ether oxygens (including phenoxy) is 3. The third-order valence-electron chi connectivity index (χ3n) is 4.31. The second-order valence-electron chi connectivity index (χ2n) is 6.19. The zero-order chi connectivity index (χ0) is 18.1. The highest BCUT2D eigenvalue weighted by Crippen LogP contribution is 2.27. The predicted molar refractivity (Wildman–Crippen MR) is 85.0 cm³/mol. The molecule has 2 aliphatic heterocycles. The molecule has 0 spiro atoms. The van der Waals surface area contributed by atoms with Crippen molar-refractivity contribution < 1.29 is 23.9 Å². The monoisotopic (exact) mass is 360 g/mol. The fraction of sp³-hybridized carbons (Fsp3) is 0.438. The van der Waals surface area contributed by atoms with Crippen molar-refractivity contribution in [2.24, 2.45) is 0 Å². The van der Waals surface area contributed by atoms with E-state index in [0.717, 1.165) is 5.56 Å². The normalized spacial score (nSPS) is 24.8. The van der Waals surface area contributed by atoms with Crippen LogP contribution in [0.15, 0.2) is 30.5 Å². The number of carbonyl (C=O) groups is 1. The van der Waals surface area contributed by atoms with Crippen LogP contribution in [0, 0.1) is 10.1 Å². The molecule has 3 atom stereocenters. The molecule has 10 heteroatoms. The zero-order valence-electron chi connectivity index (χ0n) is 13.7. The quantitative estimate of drug-likeness (QED) is 0.549. The van der Waals surface area contributed by atoms with Gasteiger partial charge in [-0.2, -0.15) is 0 Å². The van der Waals surface area contributed by atoms with Crippen LogP contribution >= 0.6 is 0 Å². The highest BCUT2D eigenvalue weighted by Gasteiger charge is 2.43. The van der Waals surface area contributed by atoms with Crippen LogP contribution in [0.5, 0.6) is 0 Å². The number of nitrogens with zero attached hydrogens (tertiary/aromatic N) is 4. The van der Waals surface area contributed by atoms with Gasteiger partial charge in [-0.1, -0.05) is 17.3 Å². The summed E-state index contributed by atoms with van der Waals surface area (Å²) in [6.07, 6.45) is 0.698. The lowest BCUT2D eigenvalue weighted by atomic mass is 10.1. The molecule has 2 aliphatic rings. The number of hydrogen-bond acceptors (Lipinski definition) is 8. The maximum absolute atomic E-state index is 11.7. The number of non-ortho nitro benzene ring substituents is 1. The summed E-state index contributed by atoms with van der Waals surface area (Å²) in [4.78, 5) is 22.0. The van der Waals surface area contributed by atoms with E-state index in [2.05, 4.69) is 10.3 Å². The van der Waals surface area contributed by atoms with Crippen molar-refractivity contribution in [1.29, 1.82) is 0 Å². The van der Waals surface area contributed by atoms with Gasteiger partial charge in [0.2, 0.25) is 6.29 Å². The van der Waals surface area contributed by atoms with Crippen molar-refractivity contribution in [3.63, 3.8) is 0 Å².